The van der Waals surface area contributed by atoms with Crippen LogP contribution in [-0.2, 0) is 6.18 Å². The monoisotopic (exact) mass is 285 g/mol. The highest BCUT2D eigenvalue weighted by molar-refractivity contribution is 5.67. The van der Waals surface area contributed by atoms with E-state index < -0.39 is 11.9 Å². The molecular weight excluding hydrogens is 271 g/mol. The lowest BCUT2D eigenvalue weighted by atomic mass is 9.81. The van der Waals surface area contributed by atoms with Gasteiger partial charge < -0.3 is 11.1 Å². The Morgan fingerprint density at radius 3 is 2.80 bits per heavy atom. The van der Waals surface area contributed by atoms with Crippen LogP contribution in [0, 0.1) is 5.92 Å². The molecule has 3 rings (SSSR count). The smallest absolute Gasteiger partial charge is 0.368 e. The van der Waals surface area contributed by atoms with Crippen molar-refractivity contribution in [1.82, 2.24) is 14.6 Å². The summed E-state index contributed by atoms with van der Waals surface area (Å²) in [6.45, 7) is 0.660. The zero-order chi connectivity index (χ0) is 14.3. The summed E-state index contributed by atoms with van der Waals surface area (Å²) in [5.41, 5.74) is 5.10. The average molecular weight is 285 g/mol. The van der Waals surface area contributed by atoms with Gasteiger partial charge in [-0.1, -0.05) is 0 Å². The molecule has 5 nitrogen and oxygen atoms in total. The molecule has 20 heavy (non-hydrogen) atoms. The van der Waals surface area contributed by atoms with E-state index in [1.165, 1.54) is 16.9 Å². The van der Waals surface area contributed by atoms with Crippen LogP contribution in [0.2, 0.25) is 0 Å². The number of nitrogens with one attached hydrogen (secondary N) is 1. The molecule has 0 radical (unpaired) electrons. The van der Waals surface area contributed by atoms with E-state index >= 15 is 0 Å². The van der Waals surface area contributed by atoms with Crippen molar-refractivity contribution in [2.24, 2.45) is 11.7 Å². The Hall–Kier alpha value is -1.83. The van der Waals surface area contributed by atoms with Crippen molar-refractivity contribution < 1.29 is 13.2 Å². The van der Waals surface area contributed by atoms with E-state index in [1.807, 2.05) is 0 Å². The van der Waals surface area contributed by atoms with Crippen LogP contribution < -0.4 is 11.1 Å². The van der Waals surface area contributed by atoms with Crippen LogP contribution in [0.3, 0.4) is 0 Å². The first-order chi connectivity index (χ1) is 9.43. The minimum atomic E-state index is -4.45. The molecule has 0 atom stereocenters. The fourth-order valence-corrected chi connectivity index (χ4v) is 2.39. The molecule has 1 saturated carbocycles. The Bertz CT molecular complexity index is 615. The molecule has 2 aromatic rings. The molecule has 0 aromatic carbocycles. The second-order valence-electron chi connectivity index (χ2n) is 5.11. The van der Waals surface area contributed by atoms with Gasteiger partial charge in [-0.25, -0.2) is 9.50 Å². The van der Waals surface area contributed by atoms with Crippen molar-refractivity contribution in [3.8, 4) is 0 Å². The van der Waals surface area contributed by atoms with Gasteiger partial charge in [0.05, 0.1) is 0 Å². The molecule has 0 bridgehead atoms. The predicted molar refractivity (Wildman–Crippen MR) is 67.2 cm³/mol. The first kappa shape index (κ1) is 13.2. The fourth-order valence-electron chi connectivity index (χ4n) is 2.39. The van der Waals surface area contributed by atoms with E-state index in [1.54, 1.807) is 0 Å². The van der Waals surface area contributed by atoms with Crippen molar-refractivity contribution >= 4 is 11.3 Å². The largest absolute Gasteiger partial charge is 0.435 e. The molecule has 0 aliphatic heterocycles. The van der Waals surface area contributed by atoms with Gasteiger partial charge in [-0.2, -0.15) is 18.3 Å². The average Bonchev–Trinajstić information content (AvgIpc) is 2.77. The lowest BCUT2D eigenvalue weighted by Gasteiger charge is -2.32. The molecule has 1 aliphatic carbocycles. The van der Waals surface area contributed by atoms with Gasteiger partial charge in [-0.3, -0.25) is 0 Å². The highest BCUT2D eigenvalue weighted by atomic mass is 19.4. The standard InChI is InChI=1S/C12H14F3N5/c13-12(14,15)10-5-9-11(17-1-2-20(9)19-10)18-6-7-3-8(16)4-7/h1-2,5,7-8H,3-4,6,16H2,(H,17,18). The third kappa shape index (κ3) is 2.43. The van der Waals surface area contributed by atoms with E-state index in [2.05, 4.69) is 15.4 Å². The molecule has 3 N–H and O–H groups in total. The molecule has 0 amide bonds. The van der Waals surface area contributed by atoms with Crippen LogP contribution in [-0.4, -0.2) is 27.2 Å². The number of hydrogen-bond acceptors (Lipinski definition) is 4. The van der Waals surface area contributed by atoms with Crippen LogP contribution >= 0.6 is 0 Å². The van der Waals surface area contributed by atoms with E-state index in [9.17, 15) is 13.2 Å². The molecule has 1 fully saturated rings. The van der Waals surface area contributed by atoms with E-state index in [0.717, 1.165) is 18.9 Å². The van der Waals surface area contributed by atoms with Gasteiger partial charge in [-0.15, -0.1) is 0 Å². The summed E-state index contributed by atoms with van der Waals surface area (Å²) in [4.78, 5) is 4.08. The number of fused-ring (bicyclic) bond motifs is 1. The van der Waals surface area contributed by atoms with Crippen LogP contribution in [0.4, 0.5) is 19.0 Å². The third-order valence-corrected chi connectivity index (χ3v) is 3.51. The van der Waals surface area contributed by atoms with E-state index in [0.29, 0.717) is 23.8 Å². The highest BCUT2D eigenvalue weighted by Gasteiger charge is 2.34. The summed E-state index contributed by atoms with van der Waals surface area (Å²) in [5.74, 6) is 0.869. The zero-order valence-electron chi connectivity index (χ0n) is 10.6. The third-order valence-electron chi connectivity index (χ3n) is 3.51. The Labute approximate surface area is 113 Å². The molecule has 2 aromatic heterocycles. The predicted octanol–water partition coefficient (Wildman–Crippen LogP) is 1.90. The summed E-state index contributed by atoms with van der Waals surface area (Å²) in [6.07, 6.45) is 0.237. The molecule has 0 unspecified atom stereocenters. The van der Waals surface area contributed by atoms with Crippen LogP contribution in [0.5, 0.6) is 0 Å². The molecule has 0 saturated heterocycles. The van der Waals surface area contributed by atoms with E-state index in [4.69, 9.17) is 5.73 Å². The van der Waals surface area contributed by atoms with Gasteiger partial charge >= 0.3 is 6.18 Å². The molecule has 108 valence electrons. The molecule has 0 spiro atoms. The Kier molecular flexibility index (Phi) is 3.04. The summed E-state index contributed by atoms with van der Waals surface area (Å²) >= 11 is 0. The maximum Gasteiger partial charge on any atom is 0.435 e. The van der Waals surface area contributed by atoms with Crippen molar-refractivity contribution in [1.29, 1.82) is 0 Å². The first-order valence-corrected chi connectivity index (χ1v) is 6.34. The number of alkyl halides is 3. The number of hydrogen-bond donors (Lipinski definition) is 2. The van der Waals surface area contributed by atoms with E-state index in [-0.39, 0.29) is 6.04 Å². The van der Waals surface area contributed by atoms with Crippen LogP contribution in [0.25, 0.3) is 5.52 Å². The zero-order valence-corrected chi connectivity index (χ0v) is 10.6. The molecular formula is C12H14F3N5. The van der Waals surface area contributed by atoms with Crippen molar-refractivity contribution in [3.05, 3.63) is 24.2 Å². The number of halogens is 3. The van der Waals surface area contributed by atoms with Gasteiger partial charge in [0.1, 0.15) is 5.52 Å². The van der Waals surface area contributed by atoms with Gasteiger partial charge in [0.15, 0.2) is 11.5 Å². The minimum absolute atomic E-state index is 0.248. The molecule has 2 heterocycles. The molecule has 1 aliphatic rings. The summed E-state index contributed by atoms with van der Waals surface area (Å²) < 4.78 is 39.1. The van der Waals surface area contributed by atoms with Crippen molar-refractivity contribution in [2.45, 2.75) is 25.1 Å². The quantitative estimate of drug-likeness (QED) is 0.903. The van der Waals surface area contributed by atoms with Gasteiger partial charge in [0.2, 0.25) is 0 Å². The van der Waals surface area contributed by atoms with Gasteiger partial charge in [-0.05, 0) is 18.8 Å². The number of anilines is 1. The lowest BCUT2D eigenvalue weighted by Crippen LogP contribution is -2.39. The first-order valence-electron chi connectivity index (χ1n) is 6.34. The summed E-state index contributed by atoms with van der Waals surface area (Å²) in [6, 6.07) is 1.25. The Morgan fingerprint density at radius 1 is 1.40 bits per heavy atom. The SMILES string of the molecule is NC1CC(CNc2nccn3nc(C(F)(F)F)cc23)C1. The Balaban J connectivity index is 1.81. The number of nitrogens with two attached hydrogens (primary N) is 1. The molecule has 8 heteroatoms. The van der Waals surface area contributed by atoms with Crippen LogP contribution in [0.1, 0.15) is 18.5 Å². The minimum Gasteiger partial charge on any atom is -0.368 e. The van der Waals surface area contributed by atoms with Gasteiger partial charge in [0, 0.05) is 31.0 Å². The summed E-state index contributed by atoms with van der Waals surface area (Å²) in [5, 5.41) is 6.59. The topological polar surface area (TPSA) is 68.2 Å². The van der Waals surface area contributed by atoms with Crippen LogP contribution in [0.15, 0.2) is 18.5 Å². The maximum absolute atomic E-state index is 12.6. The number of nitrogens with zero attached hydrogens (tertiary/aromatic N) is 3. The second-order valence-corrected chi connectivity index (χ2v) is 5.11. The van der Waals surface area contributed by atoms with Crippen molar-refractivity contribution in [3.63, 3.8) is 0 Å². The van der Waals surface area contributed by atoms with Gasteiger partial charge in [0.25, 0.3) is 0 Å². The number of aromatic nitrogens is 3. The normalized spacial score (nSPS) is 22.8. The number of rotatable bonds is 3. The highest BCUT2D eigenvalue weighted by Crippen LogP contribution is 2.30. The fraction of sp³-hybridized carbons (Fsp3) is 0.500. The lowest BCUT2D eigenvalue weighted by molar-refractivity contribution is -0.141. The second kappa shape index (κ2) is 4.62. The maximum atomic E-state index is 12.6. The van der Waals surface area contributed by atoms with Crippen molar-refractivity contribution in [2.75, 3.05) is 11.9 Å². The Morgan fingerprint density at radius 2 is 2.15 bits per heavy atom. The summed E-state index contributed by atoms with van der Waals surface area (Å²) in [7, 11) is 0.